The Balaban J connectivity index is 1.58. The third kappa shape index (κ3) is 2.56. The summed E-state index contributed by atoms with van der Waals surface area (Å²) in [6, 6.07) is 0. The molecular formula is C30H48O2. The molecule has 0 aromatic carbocycles. The van der Waals surface area contributed by atoms with Gasteiger partial charge in [0.25, 0.3) is 0 Å². The van der Waals surface area contributed by atoms with E-state index in [0.717, 1.165) is 31.6 Å². The molecule has 180 valence electrons. The molecule has 0 saturated heterocycles. The highest BCUT2D eigenvalue weighted by Crippen LogP contribution is 2.76. The molecule has 1 N–H and O–H groups in total. The molecule has 0 spiro atoms. The lowest BCUT2D eigenvalue weighted by Crippen LogP contribution is -2.62. The van der Waals surface area contributed by atoms with Gasteiger partial charge in [0.2, 0.25) is 0 Å². The molecule has 4 saturated carbocycles. The first-order chi connectivity index (χ1) is 14.8. The standard InChI is InChI=1S/C30H48O2/c1-19(2)20-9-12-24-29(7)16-13-21-22(28(29,6)17-18-30(20,24)25(31)32)10-11-23-26(3,4)14-8-15-27(21,23)5/h10,19-21,23-24H,8-9,11-18H2,1-7H3,(H,31,32). The normalized spacial score (nSPS) is 51.8. The van der Waals surface area contributed by atoms with Crippen LogP contribution in [0.3, 0.4) is 0 Å². The molecule has 0 aromatic rings. The largest absolute Gasteiger partial charge is 0.481 e. The van der Waals surface area contributed by atoms with Gasteiger partial charge in [0.05, 0.1) is 5.41 Å². The first-order valence-electron chi connectivity index (χ1n) is 13.8. The van der Waals surface area contributed by atoms with Gasteiger partial charge in [-0.25, -0.2) is 0 Å². The molecule has 8 unspecified atom stereocenters. The van der Waals surface area contributed by atoms with E-state index in [1.54, 1.807) is 5.57 Å². The van der Waals surface area contributed by atoms with Crippen LogP contribution in [-0.2, 0) is 4.79 Å². The van der Waals surface area contributed by atoms with E-state index >= 15 is 0 Å². The maximum absolute atomic E-state index is 13.0. The predicted octanol–water partition coefficient (Wildman–Crippen LogP) is 8.12. The quantitative estimate of drug-likeness (QED) is 0.440. The van der Waals surface area contributed by atoms with Gasteiger partial charge in [0.15, 0.2) is 0 Å². The van der Waals surface area contributed by atoms with Crippen LogP contribution in [0.5, 0.6) is 0 Å². The van der Waals surface area contributed by atoms with Crippen LogP contribution < -0.4 is 0 Å². The Labute approximate surface area is 197 Å². The van der Waals surface area contributed by atoms with Crippen molar-refractivity contribution in [3.05, 3.63) is 11.6 Å². The van der Waals surface area contributed by atoms with Crippen molar-refractivity contribution in [2.45, 2.75) is 113 Å². The Morgan fingerprint density at radius 3 is 2.31 bits per heavy atom. The summed E-state index contributed by atoms with van der Waals surface area (Å²) in [4.78, 5) is 13.0. The number of carboxylic acids is 1. The number of hydrogen-bond donors (Lipinski definition) is 1. The number of carbonyl (C=O) groups is 1. The molecule has 0 aliphatic heterocycles. The van der Waals surface area contributed by atoms with E-state index in [-0.39, 0.29) is 10.8 Å². The molecule has 0 heterocycles. The highest BCUT2D eigenvalue weighted by Gasteiger charge is 2.71. The van der Waals surface area contributed by atoms with Gasteiger partial charge in [-0.15, -0.1) is 0 Å². The van der Waals surface area contributed by atoms with Gasteiger partial charge in [0, 0.05) is 0 Å². The van der Waals surface area contributed by atoms with E-state index in [9.17, 15) is 9.90 Å². The van der Waals surface area contributed by atoms with E-state index in [0.29, 0.717) is 34.5 Å². The molecule has 4 fully saturated rings. The summed E-state index contributed by atoms with van der Waals surface area (Å²) < 4.78 is 0. The van der Waals surface area contributed by atoms with Crippen LogP contribution in [-0.4, -0.2) is 11.1 Å². The monoisotopic (exact) mass is 440 g/mol. The first kappa shape index (κ1) is 23.0. The average Bonchev–Trinajstić information content (AvgIpc) is 3.11. The second-order valence-electron chi connectivity index (χ2n) is 14.5. The Morgan fingerprint density at radius 2 is 1.66 bits per heavy atom. The van der Waals surface area contributed by atoms with Crippen molar-refractivity contribution in [3.8, 4) is 0 Å². The van der Waals surface area contributed by atoms with Crippen LogP contribution in [0.4, 0.5) is 0 Å². The molecule has 32 heavy (non-hydrogen) atoms. The van der Waals surface area contributed by atoms with Gasteiger partial charge in [-0.1, -0.05) is 66.5 Å². The van der Waals surface area contributed by atoms with Crippen LogP contribution in [0.2, 0.25) is 0 Å². The van der Waals surface area contributed by atoms with Crippen molar-refractivity contribution in [2.75, 3.05) is 0 Å². The van der Waals surface area contributed by atoms with Crippen molar-refractivity contribution < 1.29 is 9.90 Å². The maximum Gasteiger partial charge on any atom is 0.310 e. The van der Waals surface area contributed by atoms with Gasteiger partial charge in [0.1, 0.15) is 0 Å². The molecule has 8 atom stereocenters. The minimum Gasteiger partial charge on any atom is -0.481 e. The Bertz CT molecular complexity index is 838. The topological polar surface area (TPSA) is 37.3 Å². The second kappa shape index (κ2) is 6.88. The molecule has 2 nitrogen and oxygen atoms in total. The molecule has 0 amide bonds. The number of allylic oxidation sites excluding steroid dienone is 2. The number of aliphatic carboxylic acids is 1. The average molecular weight is 441 g/mol. The van der Waals surface area contributed by atoms with Crippen molar-refractivity contribution in [1.82, 2.24) is 0 Å². The van der Waals surface area contributed by atoms with Gasteiger partial charge in [-0.3, -0.25) is 4.79 Å². The molecule has 5 rings (SSSR count). The zero-order valence-corrected chi connectivity index (χ0v) is 21.9. The van der Waals surface area contributed by atoms with E-state index in [1.165, 1.54) is 38.5 Å². The highest BCUT2D eigenvalue weighted by atomic mass is 16.4. The number of hydrogen-bond acceptors (Lipinski definition) is 1. The minimum atomic E-state index is -0.496. The summed E-state index contributed by atoms with van der Waals surface area (Å²) in [5.74, 6) is 2.14. The summed E-state index contributed by atoms with van der Waals surface area (Å²) in [5.41, 5.74) is 2.41. The molecule has 2 heteroatoms. The summed E-state index contributed by atoms with van der Waals surface area (Å²) in [6.45, 7) is 17.3. The lowest BCUT2D eigenvalue weighted by atomic mass is 9.35. The predicted molar refractivity (Wildman–Crippen MR) is 131 cm³/mol. The summed E-state index contributed by atoms with van der Waals surface area (Å²) in [5, 5.41) is 10.7. The van der Waals surface area contributed by atoms with E-state index in [1.807, 2.05) is 0 Å². The van der Waals surface area contributed by atoms with Gasteiger partial charge in [-0.05, 0) is 109 Å². The highest BCUT2D eigenvalue weighted by molar-refractivity contribution is 5.77. The maximum atomic E-state index is 13.0. The fraction of sp³-hybridized carbons (Fsp3) is 0.900. The fourth-order valence-electron chi connectivity index (χ4n) is 11.2. The zero-order chi connectivity index (χ0) is 23.3. The van der Waals surface area contributed by atoms with Gasteiger partial charge >= 0.3 is 5.97 Å². The molecular weight excluding hydrogens is 392 g/mol. The molecule has 5 aliphatic carbocycles. The van der Waals surface area contributed by atoms with E-state index < -0.39 is 11.4 Å². The fourth-order valence-corrected chi connectivity index (χ4v) is 11.2. The molecule has 0 bridgehead atoms. The van der Waals surface area contributed by atoms with Crippen LogP contribution in [0.25, 0.3) is 0 Å². The van der Waals surface area contributed by atoms with Crippen LogP contribution >= 0.6 is 0 Å². The van der Waals surface area contributed by atoms with Gasteiger partial charge < -0.3 is 5.11 Å². The number of rotatable bonds is 2. The van der Waals surface area contributed by atoms with Crippen LogP contribution in [0.1, 0.15) is 113 Å². The van der Waals surface area contributed by atoms with E-state index in [2.05, 4.69) is 54.5 Å². The molecule has 5 aliphatic rings. The third-order valence-corrected chi connectivity index (χ3v) is 12.9. The number of carboxylic acid groups (broad SMARTS) is 1. The summed E-state index contributed by atoms with van der Waals surface area (Å²) in [7, 11) is 0. The smallest absolute Gasteiger partial charge is 0.310 e. The third-order valence-electron chi connectivity index (χ3n) is 12.9. The molecule has 0 radical (unpaired) electrons. The van der Waals surface area contributed by atoms with Crippen molar-refractivity contribution in [2.24, 2.45) is 56.7 Å². The first-order valence-corrected chi connectivity index (χ1v) is 13.8. The summed E-state index contributed by atoms with van der Waals surface area (Å²) >= 11 is 0. The Hall–Kier alpha value is -0.790. The van der Waals surface area contributed by atoms with Crippen molar-refractivity contribution >= 4 is 5.97 Å². The Morgan fingerprint density at radius 1 is 0.938 bits per heavy atom. The van der Waals surface area contributed by atoms with Crippen molar-refractivity contribution in [3.63, 3.8) is 0 Å². The lowest BCUT2D eigenvalue weighted by molar-refractivity contribution is -0.183. The SMILES string of the molecule is CC(C)C1CCC2C1(C(=O)O)CCC1(C)C3=CCC4C(C)(C)CCCC4(C)C3CCC21C. The lowest BCUT2D eigenvalue weighted by Gasteiger charge is -2.68. The van der Waals surface area contributed by atoms with E-state index in [4.69, 9.17) is 0 Å². The minimum absolute atomic E-state index is 0.114. The zero-order valence-electron chi connectivity index (χ0n) is 21.9. The van der Waals surface area contributed by atoms with Crippen LogP contribution in [0.15, 0.2) is 11.6 Å². The summed E-state index contributed by atoms with van der Waals surface area (Å²) in [6.07, 6.45) is 14.7. The molecule has 0 aromatic heterocycles. The van der Waals surface area contributed by atoms with Crippen LogP contribution in [0, 0.1) is 56.7 Å². The number of fused-ring (bicyclic) bond motifs is 7. The van der Waals surface area contributed by atoms with Crippen molar-refractivity contribution in [1.29, 1.82) is 0 Å². The Kier molecular flexibility index (Phi) is 4.94. The second-order valence-corrected chi connectivity index (χ2v) is 14.5. The van der Waals surface area contributed by atoms with Gasteiger partial charge in [-0.2, -0.15) is 0 Å².